The molecule has 0 aromatic heterocycles. The van der Waals surface area contributed by atoms with E-state index in [1.807, 2.05) is 0 Å². The number of ether oxygens (including phenoxy) is 1. The summed E-state index contributed by atoms with van der Waals surface area (Å²) in [6.07, 6.45) is -0.513. The average molecular weight is 323 g/mol. The Labute approximate surface area is 122 Å². The van der Waals surface area contributed by atoms with Gasteiger partial charge in [0.2, 0.25) is 10.0 Å². The summed E-state index contributed by atoms with van der Waals surface area (Å²) in [5.74, 6) is -0.979. The first-order valence-corrected chi connectivity index (χ1v) is 7.93. The largest absolute Gasteiger partial charge is 0.399 e. The maximum atomic E-state index is 14.0. The summed E-state index contributed by atoms with van der Waals surface area (Å²) in [5.41, 5.74) is 5.65. The minimum atomic E-state index is -3.99. The maximum Gasteiger partial charge on any atom is 0.246 e. The standard InChI is InChI=1S/C12H16ClFN2O3S/c1-7-5-16(6-8(2)19-7)20(17,18)11-4-9(15)3-10(13)12(11)14/h3-4,7-8H,5-6,15H2,1-2H3/t7-,8+. The van der Waals surface area contributed by atoms with Crippen LogP contribution in [0.1, 0.15) is 13.8 Å². The van der Waals surface area contributed by atoms with Gasteiger partial charge in [0.25, 0.3) is 0 Å². The number of nitrogen functional groups attached to an aromatic ring is 1. The lowest BCUT2D eigenvalue weighted by Crippen LogP contribution is -2.48. The highest BCUT2D eigenvalue weighted by Gasteiger charge is 2.34. The zero-order chi connectivity index (χ0) is 15.1. The average Bonchev–Trinajstić information content (AvgIpc) is 2.32. The predicted octanol–water partition coefficient (Wildman–Crippen LogP) is 1.86. The second-order valence-electron chi connectivity index (χ2n) is 4.89. The topological polar surface area (TPSA) is 72.6 Å². The Hall–Kier alpha value is -0.890. The minimum absolute atomic E-state index is 0.101. The molecule has 2 N–H and O–H groups in total. The molecule has 1 aliphatic rings. The van der Waals surface area contributed by atoms with Crippen molar-refractivity contribution in [2.24, 2.45) is 0 Å². The highest BCUT2D eigenvalue weighted by molar-refractivity contribution is 7.89. The van der Waals surface area contributed by atoms with Crippen molar-refractivity contribution in [3.8, 4) is 0 Å². The molecule has 0 amide bonds. The monoisotopic (exact) mass is 322 g/mol. The summed E-state index contributed by atoms with van der Waals surface area (Å²) in [5, 5.41) is -0.307. The van der Waals surface area contributed by atoms with Crippen LogP contribution in [0.15, 0.2) is 17.0 Å². The molecule has 0 unspecified atom stereocenters. The van der Waals surface area contributed by atoms with Gasteiger partial charge in [-0.15, -0.1) is 0 Å². The van der Waals surface area contributed by atoms with Crippen molar-refractivity contribution in [2.45, 2.75) is 31.0 Å². The van der Waals surface area contributed by atoms with Crippen molar-refractivity contribution in [3.05, 3.63) is 23.0 Å². The lowest BCUT2D eigenvalue weighted by atomic mass is 10.3. The number of hydrogen-bond acceptors (Lipinski definition) is 4. The number of nitrogens with two attached hydrogens (primary N) is 1. The van der Waals surface area contributed by atoms with E-state index >= 15 is 0 Å². The molecule has 2 atom stereocenters. The van der Waals surface area contributed by atoms with Crippen molar-refractivity contribution in [1.29, 1.82) is 0 Å². The Balaban J connectivity index is 2.45. The van der Waals surface area contributed by atoms with Gasteiger partial charge in [-0.2, -0.15) is 4.31 Å². The van der Waals surface area contributed by atoms with Crippen molar-refractivity contribution < 1.29 is 17.5 Å². The van der Waals surface area contributed by atoms with E-state index in [4.69, 9.17) is 22.1 Å². The van der Waals surface area contributed by atoms with Gasteiger partial charge in [0.15, 0.2) is 5.82 Å². The number of benzene rings is 1. The Kier molecular flexibility index (Phi) is 4.24. The molecule has 1 aromatic rings. The molecule has 20 heavy (non-hydrogen) atoms. The van der Waals surface area contributed by atoms with Gasteiger partial charge in [-0.25, -0.2) is 12.8 Å². The van der Waals surface area contributed by atoms with Crippen LogP contribution in [0.3, 0.4) is 0 Å². The molecule has 0 spiro atoms. The molecule has 112 valence electrons. The van der Waals surface area contributed by atoms with Crippen molar-refractivity contribution in [2.75, 3.05) is 18.8 Å². The molecule has 0 aliphatic carbocycles. The third-order valence-corrected chi connectivity index (χ3v) is 5.13. The molecule has 8 heteroatoms. The van der Waals surface area contributed by atoms with Gasteiger partial charge in [-0.3, -0.25) is 0 Å². The van der Waals surface area contributed by atoms with Crippen LogP contribution < -0.4 is 5.73 Å². The number of rotatable bonds is 2. The third kappa shape index (κ3) is 2.90. The van der Waals surface area contributed by atoms with Crippen LogP contribution in [-0.4, -0.2) is 38.0 Å². The molecule has 0 bridgehead atoms. The molecule has 1 saturated heterocycles. The summed E-state index contributed by atoms with van der Waals surface area (Å²) in [4.78, 5) is -0.496. The van der Waals surface area contributed by atoms with E-state index in [0.29, 0.717) is 0 Å². The van der Waals surface area contributed by atoms with Crippen molar-refractivity contribution in [1.82, 2.24) is 4.31 Å². The Morgan fingerprint density at radius 3 is 2.45 bits per heavy atom. The van der Waals surface area contributed by atoms with Gasteiger partial charge in [-0.1, -0.05) is 11.6 Å². The van der Waals surface area contributed by atoms with Gasteiger partial charge in [0.05, 0.1) is 17.2 Å². The van der Waals surface area contributed by atoms with Gasteiger partial charge in [0.1, 0.15) is 4.90 Å². The summed E-state index contributed by atoms with van der Waals surface area (Å²) in [6.45, 7) is 3.86. The quantitative estimate of drug-likeness (QED) is 0.844. The highest BCUT2D eigenvalue weighted by Crippen LogP contribution is 2.29. The minimum Gasteiger partial charge on any atom is -0.399 e. The molecule has 0 saturated carbocycles. The molecular formula is C12H16ClFN2O3S. The van der Waals surface area contributed by atoms with Crippen LogP contribution in [0.2, 0.25) is 5.02 Å². The van der Waals surface area contributed by atoms with Crippen LogP contribution in [0.5, 0.6) is 0 Å². The zero-order valence-electron chi connectivity index (χ0n) is 11.1. The van der Waals surface area contributed by atoms with E-state index in [-0.39, 0.29) is 36.0 Å². The number of nitrogens with zero attached hydrogens (tertiary/aromatic N) is 1. The molecule has 5 nitrogen and oxygen atoms in total. The van der Waals surface area contributed by atoms with Crippen LogP contribution in [0.4, 0.5) is 10.1 Å². The lowest BCUT2D eigenvalue weighted by molar-refractivity contribution is -0.0441. The van der Waals surface area contributed by atoms with Gasteiger partial charge >= 0.3 is 0 Å². The van der Waals surface area contributed by atoms with E-state index in [1.165, 1.54) is 10.4 Å². The fraction of sp³-hybridized carbons (Fsp3) is 0.500. The SMILES string of the molecule is C[C@@H]1CN(S(=O)(=O)c2cc(N)cc(Cl)c2F)C[C@H](C)O1. The molecule has 1 aliphatic heterocycles. The predicted molar refractivity (Wildman–Crippen MR) is 74.6 cm³/mol. The van der Waals surface area contributed by atoms with Gasteiger partial charge in [0, 0.05) is 18.8 Å². The molecule has 2 rings (SSSR count). The molecular weight excluding hydrogens is 307 g/mol. The second-order valence-corrected chi connectivity index (χ2v) is 7.21. The maximum absolute atomic E-state index is 14.0. The molecule has 1 aromatic carbocycles. The number of morpholine rings is 1. The lowest BCUT2D eigenvalue weighted by Gasteiger charge is -2.34. The van der Waals surface area contributed by atoms with Crippen molar-refractivity contribution >= 4 is 27.3 Å². The van der Waals surface area contributed by atoms with E-state index in [0.717, 1.165) is 6.07 Å². The molecule has 1 heterocycles. The normalized spacial score (nSPS) is 24.8. The fourth-order valence-corrected chi connectivity index (χ4v) is 4.23. The zero-order valence-corrected chi connectivity index (χ0v) is 12.7. The number of sulfonamides is 1. The number of anilines is 1. The van der Waals surface area contributed by atoms with Gasteiger partial charge < -0.3 is 10.5 Å². The fourth-order valence-electron chi connectivity index (χ4n) is 2.24. The molecule has 0 radical (unpaired) electrons. The first-order chi connectivity index (χ1) is 9.21. The van der Waals surface area contributed by atoms with Crippen LogP contribution in [0, 0.1) is 5.82 Å². The van der Waals surface area contributed by atoms with Gasteiger partial charge in [-0.05, 0) is 26.0 Å². The summed E-state index contributed by atoms with van der Waals surface area (Å²) in [6, 6.07) is 2.27. The highest BCUT2D eigenvalue weighted by atomic mass is 35.5. The first-order valence-electron chi connectivity index (χ1n) is 6.12. The van der Waals surface area contributed by atoms with Crippen molar-refractivity contribution in [3.63, 3.8) is 0 Å². The molecule has 1 fully saturated rings. The Morgan fingerprint density at radius 2 is 1.90 bits per heavy atom. The summed E-state index contributed by atoms with van der Waals surface area (Å²) in [7, 11) is -3.99. The van der Waals surface area contributed by atoms with E-state index in [9.17, 15) is 12.8 Å². The van der Waals surface area contributed by atoms with Crippen LogP contribution >= 0.6 is 11.6 Å². The summed E-state index contributed by atoms with van der Waals surface area (Å²) < 4.78 is 45.7. The first kappa shape index (κ1) is 15.5. The smallest absolute Gasteiger partial charge is 0.246 e. The second kappa shape index (κ2) is 5.48. The van der Waals surface area contributed by atoms with Crippen LogP contribution in [0.25, 0.3) is 0 Å². The Morgan fingerprint density at radius 1 is 1.35 bits per heavy atom. The number of hydrogen-bond donors (Lipinski definition) is 1. The third-order valence-electron chi connectivity index (χ3n) is 3.02. The number of halogens is 2. The summed E-state index contributed by atoms with van der Waals surface area (Å²) >= 11 is 5.66. The van der Waals surface area contributed by atoms with E-state index in [2.05, 4.69) is 0 Å². The van der Waals surface area contributed by atoms with Crippen LogP contribution in [-0.2, 0) is 14.8 Å². The Bertz CT molecular complexity index is 613. The van der Waals surface area contributed by atoms with E-state index in [1.54, 1.807) is 13.8 Å². The van der Waals surface area contributed by atoms with E-state index < -0.39 is 20.7 Å².